The summed E-state index contributed by atoms with van der Waals surface area (Å²) in [6.45, 7) is 0. The molecule has 0 saturated carbocycles. The van der Waals surface area contributed by atoms with Crippen LogP contribution in [0.2, 0.25) is 0 Å². The molecule has 0 radical (unpaired) electrons. The van der Waals surface area contributed by atoms with Gasteiger partial charge in [-0.05, 0) is 11.6 Å². The molecule has 0 aliphatic heterocycles. The molecular weight excluding hydrogens is 112 g/mol. The summed E-state index contributed by atoms with van der Waals surface area (Å²) in [4.78, 5) is 10.9. The molecule has 0 N–H and O–H groups in total. The van der Waals surface area contributed by atoms with Gasteiger partial charge in [0.2, 0.25) is 0 Å². The van der Waals surface area contributed by atoms with Crippen molar-refractivity contribution in [1.29, 1.82) is 0 Å². The van der Waals surface area contributed by atoms with E-state index in [1.54, 1.807) is 0 Å². The van der Waals surface area contributed by atoms with E-state index in [-0.39, 0.29) is 5.78 Å². The van der Waals surface area contributed by atoms with Gasteiger partial charge in [0, 0.05) is 12.0 Å². The van der Waals surface area contributed by atoms with Crippen LogP contribution in [0.5, 0.6) is 0 Å². The highest BCUT2D eigenvalue weighted by atomic mass is 16.1. The Bertz CT molecular complexity index is 254. The summed E-state index contributed by atoms with van der Waals surface area (Å²) in [6.07, 6.45) is 8.30. The molecule has 2 aliphatic carbocycles. The minimum Gasteiger partial charge on any atom is -0.294 e. The van der Waals surface area contributed by atoms with Gasteiger partial charge < -0.3 is 0 Å². The van der Waals surface area contributed by atoms with Crippen molar-refractivity contribution >= 4 is 5.78 Å². The second-order valence-corrected chi connectivity index (χ2v) is 2.24. The molecule has 2 aliphatic rings. The minimum atomic E-state index is 0.259. The van der Waals surface area contributed by atoms with Crippen LogP contribution in [0.25, 0.3) is 0 Å². The molecule has 9 heavy (non-hydrogen) atoms. The number of carbonyl (C=O) groups is 1. The van der Waals surface area contributed by atoms with Gasteiger partial charge in [0.15, 0.2) is 5.78 Å². The molecule has 0 unspecified atom stereocenters. The summed E-state index contributed by atoms with van der Waals surface area (Å²) in [5, 5.41) is 0. The van der Waals surface area contributed by atoms with E-state index in [0.717, 1.165) is 11.1 Å². The largest absolute Gasteiger partial charge is 0.294 e. The van der Waals surface area contributed by atoms with Crippen molar-refractivity contribution in [1.82, 2.24) is 0 Å². The number of fused-ring (bicyclic) bond motifs is 1. The fourth-order valence-electron chi connectivity index (χ4n) is 0.956. The standard InChI is InChI=1S/C8H6O/c9-8-4-2-1-3-6-5-7(6)8/h1-3,5H,4H2. The first-order chi connectivity index (χ1) is 4.38. The first-order valence-electron chi connectivity index (χ1n) is 3.00. The number of allylic oxidation sites excluding steroid dienone is 6. The van der Waals surface area contributed by atoms with Crippen LogP contribution in [0.1, 0.15) is 6.42 Å². The van der Waals surface area contributed by atoms with Crippen LogP contribution in [0.3, 0.4) is 0 Å². The number of hydrogen-bond donors (Lipinski definition) is 0. The van der Waals surface area contributed by atoms with Crippen LogP contribution in [0.15, 0.2) is 35.5 Å². The minimum absolute atomic E-state index is 0.259. The zero-order chi connectivity index (χ0) is 6.27. The van der Waals surface area contributed by atoms with Crippen molar-refractivity contribution in [2.45, 2.75) is 6.42 Å². The van der Waals surface area contributed by atoms with E-state index in [2.05, 4.69) is 0 Å². The van der Waals surface area contributed by atoms with Gasteiger partial charge in [-0.2, -0.15) is 0 Å². The van der Waals surface area contributed by atoms with Crippen molar-refractivity contribution in [3.63, 3.8) is 0 Å². The number of carbonyl (C=O) groups excluding carboxylic acids is 1. The third-order valence-corrected chi connectivity index (χ3v) is 1.54. The quantitative estimate of drug-likeness (QED) is 0.469. The average Bonchev–Trinajstić information content (AvgIpc) is 2.55. The van der Waals surface area contributed by atoms with E-state index in [1.807, 2.05) is 24.3 Å². The van der Waals surface area contributed by atoms with E-state index >= 15 is 0 Å². The van der Waals surface area contributed by atoms with Gasteiger partial charge in [0.05, 0.1) is 0 Å². The van der Waals surface area contributed by atoms with Crippen LogP contribution in [-0.4, -0.2) is 5.78 Å². The first-order valence-corrected chi connectivity index (χ1v) is 3.00. The Hall–Kier alpha value is -1.11. The second kappa shape index (κ2) is 1.44. The Morgan fingerprint density at radius 1 is 1.44 bits per heavy atom. The number of Topliss-reactive ketones (excluding diaryl/α,β-unsaturated/α-hetero) is 1. The maximum Gasteiger partial charge on any atom is 0.167 e. The van der Waals surface area contributed by atoms with Crippen molar-refractivity contribution in [2.75, 3.05) is 0 Å². The highest BCUT2D eigenvalue weighted by molar-refractivity contribution is 6.08. The Balaban J connectivity index is 2.37. The lowest BCUT2D eigenvalue weighted by Gasteiger charge is -1.82. The molecule has 0 saturated heterocycles. The second-order valence-electron chi connectivity index (χ2n) is 2.24. The van der Waals surface area contributed by atoms with Gasteiger partial charge in [0.1, 0.15) is 0 Å². The van der Waals surface area contributed by atoms with E-state index in [9.17, 15) is 4.79 Å². The number of rotatable bonds is 0. The Labute approximate surface area is 53.4 Å². The van der Waals surface area contributed by atoms with E-state index in [0.29, 0.717) is 6.42 Å². The van der Waals surface area contributed by atoms with E-state index in [1.165, 1.54) is 0 Å². The van der Waals surface area contributed by atoms with Crippen LogP contribution in [-0.2, 0) is 4.79 Å². The molecule has 0 bridgehead atoms. The van der Waals surface area contributed by atoms with Gasteiger partial charge in [0.25, 0.3) is 0 Å². The summed E-state index contributed by atoms with van der Waals surface area (Å²) in [5.41, 5.74) is 2.05. The normalized spacial score (nSPS) is 22.0. The molecule has 0 amide bonds. The summed E-state index contributed by atoms with van der Waals surface area (Å²) in [6, 6.07) is 0. The van der Waals surface area contributed by atoms with Gasteiger partial charge in [-0.1, -0.05) is 18.2 Å². The lowest BCUT2D eigenvalue weighted by atomic mass is 10.2. The van der Waals surface area contributed by atoms with Gasteiger partial charge in [-0.15, -0.1) is 0 Å². The van der Waals surface area contributed by atoms with E-state index < -0.39 is 0 Å². The summed E-state index contributed by atoms with van der Waals surface area (Å²) in [5.74, 6) is 0.259. The molecule has 0 heterocycles. The fraction of sp³-hybridized carbons (Fsp3) is 0.125. The summed E-state index contributed by atoms with van der Waals surface area (Å²) in [7, 11) is 0. The monoisotopic (exact) mass is 118 g/mol. The lowest BCUT2D eigenvalue weighted by molar-refractivity contribution is -0.114. The summed E-state index contributed by atoms with van der Waals surface area (Å²) >= 11 is 0. The number of hydrogen-bond acceptors (Lipinski definition) is 1. The van der Waals surface area contributed by atoms with Crippen LogP contribution in [0.4, 0.5) is 0 Å². The third-order valence-electron chi connectivity index (χ3n) is 1.54. The maximum atomic E-state index is 10.9. The van der Waals surface area contributed by atoms with Crippen LogP contribution >= 0.6 is 0 Å². The van der Waals surface area contributed by atoms with Crippen molar-refractivity contribution in [3.8, 4) is 0 Å². The zero-order valence-electron chi connectivity index (χ0n) is 4.92. The molecule has 0 aromatic rings. The fourth-order valence-corrected chi connectivity index (χ4v) is 0.956. The van der Waals surface area contributed by atoms with Gasteiger partial charge >= 0.3 is 0 Å². The predicted octanol–water partition coefficient (Wildman–Crippen LogP) is 1.38. The molecule has 0 aromatic heterocycles. The molecule has 1 nitrogen and oxygen atoms in total. The van der Waals surface area contributed by atoms with Crippen molar-refractivity contribution in [3.05, 3.63) is 35.5 Å². The van der Waals surface area contributed by atoms with Crippen LogP contribution < -0.4 is 0 Å². The Morgan fingerprint density at radius 2 is 2.33 bits per heavy atom. The highest BCUT2D eigenvalue weighted by Crippen LogP contribution is 2.31. The Kier molecular flexibility index (Phi) is 0.758. The molecule has 0 atom stereocenters. The molecule has 44 valence electrons. The molecule has 0 fully saturated rings. The topological polar surface area (TPSA) is 17.1 Å². The highest BCUT2D eigenvalue weighted by Gasteiger charge is 2.23. The number of ketones is 1. The van der Waals surface area contributed by atoms with Gasteiger partial charge in [-0.25, -0.2) is 0 Å². The van der Waals surface area contributed by atoms with Crippen LogP contribution in [0, 0.1) is 0 Å². The predicted molar refractivity (Wildman–Crippen MR) is 34.9 cm³/mol. The molecule has 2 rings (SSSR count). The lowest BCUT2D eigenvalue weighted by Crippen LogP contribution is -1.89. The molecule has 0 spiro atoms. The Morgan fingerprint density at radius 3 is 3.22 bits per heavy atom. The molecule has 1 heteroatoms. The van der Waals surface area contributed by atoms with Crippen molar-refractivity contribution < 1.29 is 4.79 Å². The van der Waals surface area contributed by atoms with Gasteiger partial charge in [-0.3, -0.25) is 4.79 Å². The maximum absolute atomic E-state index is 10.9. The third kappa shape index (κ3) is 0.653. The first kappa shape index (κ1) is 4.74. The van der Waals surface area contributed by atoms with E-state index in [4.69, 9.17) is 0 Å². The molecular formula is C8H6O. The van der Waals surface area contributed by atoms with Crippen molar-refractivity contribution in [2.24, 2.45) is 0 Å². The summed E-state index contributed by atoms with van der Waals surface area (Å²) < 4.78 is 0. The molecule has 0 aromatic carbocycles. The average molecular weight is 118 g/mol. The zero-order valence-corrected chi connectivity index (χ0v) is 4.92. The SMILES string of the molecule is O=C1CC=CC=C2C=C12. The smallest absolute Gasteiger partial charge is 0.167 e.